The average molecular weight is 188 g/mol. The summed E-state index contributed by atoms with van der Waals surface area (Å²) in [6.45, 7) is 0. The third-order valence-electron chi connectivity index (χ3n) is 1.96. The predicted molar refractivity (Wildman–Crippen MR) is 48.1 cm³/mol. The fraction of sp³-hybridized carbons (Fsp3) is 0. The summed E-state index contributed by atoms with van der Waals surface area (Å²) in [7, 11) is 0. The number of pyridine rings is 1. The minimum atomic E-state index is -1.05. The SMILES string of the molecule is O=C(O)c1ccc([O-])c2ncccc12. The molecular formula is C10H6NO3-. The molecule has 14 heavy (non-hydrogen) atoms. The molecule has 0 radical (unpaired) electrons. The molecule has 0 spiro atoms. The highest BCUT2D eigenvalue weighted by Gasteiger charge is 2.07. The maximum Gasteiger partial charge on any atom is 0.336 e. The summed E-state index contributed by atoms with van der Waals surface area (Å²) in [6.07, 6.45) is 1.47. The zero-order valence-corrected chi connectivity index (χ0v) is 7.10. The number of carboxylic acids is 1. The number of rotatable bonds is 1. The van der Waals surface area contributed by atoms with Crippen molar-refractivity contribution in [3.05, 3.63) is 36.0 Å². The second kappa shape index (κ2) is 2.99. The number of nitrogens with zero attached hydrogens (tertiary/aromatic N) is 1. The average Bonchev–Trinajstić information content (AvgIpc) is 2.18. The van der Waals surface area contributed by atoms with Crippen LogP contribution in [0.3, 0.4) is 0 Å². The van der Waals surface area contributed by atoms with Crippen molar-refractivity contribution in [1.29, 1.82) is 0 Å². The number of aromatic nitrogens is 1. The lowest BCUT2D eigenvalue weighted by Crippen LogP contribution is -2.00. The van der Waals surface area contributed by atoms with Crippen molar-refractivity contribution in [2.75, 3.05) is 0 Å². The molecule has 1 aromatic heterocycles. The first kappa shape index (κ1) is 8.50. The van der Waals surface area contributed by atoms with Crippen LogP contribution in [0.5, 0.6) is 5.75 Å². The van der Waals surface area contributed by atoms with Gasteiger partial charge in [0.1, 0.15) is 0 Å². The van der Waals surface area contributed by atoms with Gasteiger partial charge < -0.3 is 10.2 Å². The number of hydrogen-bond donors (Lipinski definition) is 1. The number of carboxylic acid groups (broad SMARTS) is 1. The Morgan fingerprint density at radius 2 is 2.14 bits per heavy atom. The van der Waals surface area contributed by atoms with Crippen LogP contribution in [0.2, 0.25) is 0 Å². The van der Waals surface area contributed by atoms with Crippen LogP contribution >= 0.6 is 0 Å². The Morgan fingerprint density at radius 3 is 2.86 bits per heavy atom. The summed E-state index contributed by atoms with van der Waals surface area (Å²) in [5, 5.41) is 20.5. The molecule has 2 rings (SSSR count). The van der Waals surface area contributed by atoms with Crippen LogP contribution in [0.1, 0.15) is 10.4 Å². The van der Waals surface area contributed by atoms with Gasteiger partial charge >= 0.3 is 5.97 Å². The topological polar surface area (TPSA) is 73.2 Å². The van der Waals surface area contributed by atoms with Crippen molar-refractivity contribution in [2.45, 2.75) is 0 Å². The Labute approximate surface area is 79.4 Å². The molecule has 2 aromatic rings. The molecule has 0 unspecified atom stereocenters. The summed E-state index contributed by atoms with van der Waals surface area (Å²) in [5.41, 5.74) is 0.306. The smallest absolute Gasteiger partial charge is 0.336 e. The minimum absolute atomic E-state index is 0.104. The third kappa shape index (κ3) is 1.17. The van der Waals surface area contributed by atoms with E-state index in [1.165, 1.54) is 18.3 Å². The van der Waals surface area contributed by atoms with Crippen molar-refractivity contribution in [3.8, 4) is 5.75 Å². The Balaban J connectivity index is 2.88. The second-order valence-corrected chi connectivity index (χ2v) is 2.82. The van der Waals surface area contributed by atoms with E-state index in [9.17, 15) is 9.90 Å². The normalized spacial score (nSPS) is 10.3. The van der Waals surface area contributed by atoms with Crippen molar-refractivity contribution in [2.24, 2.45) is 0 Å². The van der Waals surface area contributed by atoms with E-state index in [-0.39, 0.29) is 16.8 Å². The lowest BCUT2D eigenvalue weighted by molar-refractivity contribution is -0.266. The number of fused-ring (bicyclic) bond motifs is 1. The van der Waals surface area contributed by atoms with E-state index >= 15 is 0 Å². The highest BCUT2D eigenvalue weighted by molar-refractivity contribution is 6.03. The van der Waals surface area contributed by atoms with Crippen LogP contribution in [0, 0.1) is 0 Å². The van der Waals surface area contributed by atoms with Gasteiger partial charge in [-0.05, 0) is 12.1 Å². The molecule has 4 heteroatoms. The van der Waals surface area contributed by atoms with Crippen LogP contribution in [0.25, 0.3) is 10.9 Å². The molecule has 1 N–H and O–H groups in total. The number of carbonyl (C=O) groups is 1. The maximum atomic E-state index is 11.3. The third-order valence-corrected chi connectivity index (χ3v) is 1.96. The molecule has 0 saturated heterocycles. The van der Waals surface area contributed by atoms with Crippen LogP contribution < -0.4 is 5.11 Å². The summed E-state index contributed by atoms with van der Waals surface area (Å²) >= 11 is 0. The summed E-state index contributed by atoms with van der Waals surface area (Å²) < 4.78 is 0. The molecule has 0 saturated carbocycles. The van der Waals surface area contributed by atoms with Gasteiger partial charge in [0.2, 0.25) is 0 Å². The van der Waals surface area contributed by atoms with Gasteiger partial charge in [0, 0.05) is 11.6 Å². The lowest BCUT2D eigenvalue weighted by atomic mass is 10.1. The Bertz CT molecular complexity index is 508. The van der Waals surface area contributed by atoms with Crippen molar-refractivity contribution in [1.82, 2.24) is 4.98 Å². The highest BCUT2D eigenvalue weighted by atomic mass is 16.4. The van der Waals surface area contributed by atoms with Crippen LogP contribution in [0.15, 0.2) is 30.5 Å². The molecule has 1 heterocycles. The summed E-state index contributed by atoms with van der Waals surface area (Å²) in [5.74, 6) is -1.31. The second-order valence-electron chi connectivity index (χ2n) is 2.82. The number of aromatic carboxylic acids is 1. The summed E-state index contributed by atoms with van der Waals surface area (Å²) in [4.78, 5) is 14.6. The molecule has 1 aromatic carbocycles. The first-order valence-corrected chi connectivity index (χ1v) is 3.98. The first-order chi connectivity index (χ1) is 6.70. The van der Waals surface area contributed by atoms with E-state index in [2.05, 4.69) is 4.98 Å². The predicted octanol–water partition coefficient (Wildman–Crippen LogP) is 1.01. The molecule has 4 nitrogen and oxygen atoms in total. The van der Waals surface area contributed by atoms with Crippen LogP contribution in [0.4, 0.5) is 0 Å². The van der Waals surface area contributed by atoms with Gasteiger partial charge in [-0.1, -0.05) is 17.9 Å². The Kier molecular flexibility index (Phi) is 1.81. The van der Waals surface area contributed by atoms with Crippen molar-refractivity contribution in [3.63, 3.8) is 0 Å². The van der Waals surface area contributed by atoms with E-state index < -0.39 is 5.97 Å². The van der Waals surface area contributed by atoms with Gasteiger partial charge in [-0.25, -0.2) is 4.79 Å². The van der Waals surface area contributed by atoms with E-state index in [1.807, 2.05) is 0 Å². The van der Waals surface area contributed by atoms with E-state index in [0.29, 0.717) is 5.39 Å². The molecule has 0 atom stereocenters. The van der Waals surface area contributed by atoms with Gasteiger partial charge in [0.05, 0.1) is 11.1 Å². The minimum Gasteiger partial charge on any atom is -0.871 e. The van der Waals surface area contributed by atoms with Crippen molar-refractivity contribution >= 4 is 16.9 Å². The van der Waals surface area contributed by atoms with Crippen molar-refractivity contribution < 1.29 is 15.0 Å². The lowest BCUT2D eigenvalue weighted by Gasteiger charge is -2.10. The monoisotopic (exact) mass is 188 g/mol. The number of hydrogen-bond acceptors (Lipinski definition) is 3. The van der Waals surface area contributed by atoms with Crippen LogP contribution in [-0.2, 0) is 0 Å². The van der Waals surface area contributed by atoms with E-state index in [4.69, 9.17) is 5.11 Å². The van der Waals surface area contributed by atoms with E-state index in [1.54, 1.807) is 12.1 Å². The molecule has 0 aliphatic rings. The first-order valence-electron chi connectivity index (χ1n) is 3.98. The largest absolute Gasteiger partial charge is 0.871 e. The van der Waals surface area contributed by atoms with Crippen LogP contribution in [-0.4, -0.2) is 16.1 Å². The van der Waals surface area contributed by atoms with E-state index in [0.717, 1.165) is 0 Å². The number of benzene rings is 1. The van der Waals surface area contributed by atoms with Gasteiger partial charge in [-0.2, -0.15) is 0 Å². The fourth-order valence-corrected chi connectivity index (χ4v) is 1.33. The fourth-order valence-electron chi connectivity index (χ4n) is 1.33. The standard InChI is InChI=1S/C10H7NO3/c12-8-4-3-7(10(13)14)6-2-1-5-11-9(6)8/h1-5,12H,(H,13,14)/p-1. The molecule has 0 amide bonds. The zero-order chi connectivity index (χ0) is 10.1. The maximum absolute atomic E-state index is 11.3. The molecule has 0 aliphatic carbocycles. The molecule has 70 valence electrons. The summed E-state index contributed by atoms with van der Waals surface area (Å²) in [6, 6.07) is 5.70. The zero-order valence-electron chi connectivity index (χ0n) is 7.10. The van der Waals surface area contributed by atoms with Gasteiger partial charge in [0.25, 0.3) is 0 Å². The Hall–Kier alpha value is -2.10. The van der Waals surface area contributed by atoms with Gasteiger partial charge in [-0.15, -0.1) is 0 Å². The molecule has 0 aliphatic heterocycles. The van der Waals surface area contributed by atoms with Gasteiger partial charge in [0.15, 0.2) is 0 Å². The Morgan fingerprint density at radius 1 is 1.36 bits per heavy atom. The van der Waals surface area contributed by atoms with Gasteiger partial charge in [-0.3, -0.25) is 4.98 Å². The molecule has 0 fully saturated rings. The molecular weight excluding hydrogens is 182 g/mol. The quantitative estimate of drug-likeness (QED) is 0.724. The molecule has 0 bridgehead atoms. The highest BCUT2D eigenvalue weighted by Crippen LogP contribution is 2.23.